The average Bonchev–Trinajstić information content (AvgIpc) is 3.66. The van der Waals surface area contributed by atoms with Crippen molar-refractivity contribution in [2.24, 2.45) is 4.99 Å². The number of rotatable bonds is 4. The van der Waals surface area contributed by atoms with Gasteiger partial charge < -0.3 is 9.88 Å². The van der Waals surface area contributed by atoms with E-state index in [4.69, 9.17) is 33.2 Å². The lowest BCUT2D eigenvalue weighted by molar-refractivity contribution is 0.629. The summed E-state index contributed by atoms with van der Waals surface area (Å²) in [6.45, 7) is 1.96. The topological polar surface area (TPSA) is 55.1 Å². The Kier molecular flexibility index (Phi) is 5.43. The maximum absolute atomic E-state index is 14.4. The van der Waals surface area contributed by atoms with Crippen LogP contribution < -0.4 is 10.7 Å². The fourth-order valence-electron chi connectivity index (χ4n) is 4.14. The van der Waals surface area contributed by atoms with Crippen molar-refractivity contribution in [2.75, 3.05) is 5.32 Å². The lowest BCUT2D eigenvalue weighted by Crippen LogP contribution is -2.16. The van der Waals surface area contributed by atoms with Crippen molar-refractivity contribution in [1.82, 2.24) is 14.5 Å². The van der Waals surface area contributed by atoms with E-state index in [1.807, 2.05) is 41.8 Å². The first-order valence-electron chi connectivity index (χ1n) is 11.3. The van der Waals surface area contributed by atoms with E-state index in [1.54, 1.807) is 24.4 Å². The molecule has 1 saturated carbocycles. The van der Waals surface area contributed by atoms with Crippen LogP contribution >= 0.6 is 23.2 Å². The Morgan fingerprint density at radius 2 is 1.86 bits per heavy atom. The van der Waals surface area contributed by atoms with Crippen LogP contribution in [0.1, 0.15) is 18.5 Å². The van der Waals surface area contributed by atoms with Gasteiger partial charge in [0.05, 0.1) is 60.9 Å². The third kappa shape index (κ3) is 4.24. The zero-order valence-electron chi connectivity index (χ0n) is 18.8. The largest absolute Gasteiger partial charge is 0.352 e. The van der Waals surface area contributed by atoms with Crippen molar-refractivity contribution >= 4 is 45.6 Å². The highest BCUT2D eigenvalue weighted by Gasteiger charge is 2.22. The van der Waals surface area contributed by atoms with E-state index < -0.39 is 0 Å². The van der Waals surface area contributed by atoms with E-state index in [-0.39, 0.29) is 5.82 Å². The van der Waals surface area contributed by atoms with Crippen LogP contribution in [-0.2, 0) is 0 Å². The third-order valence-corrected chi connectivity index (χ3v) is 6.80. The molecule has 3 aromatic rings. The molecule has 174 valence electrons. The molecule has 0 radical (unpaired) electrons. The minimum Gasteiger partial charge on any atom is -0.352 e. The van der Waals surface area contributed by atoms with E-state index in [1.165, 1.54) is 12.1 Å². The van der Waals surface area contributed by atoms with E-state index in [0.29, 0.717) is 27.1 Å². The maximum atomic E-state index is 14.4. The normalized spacial score (nSPS) is 14.1. The Bertz CT molecular complexity index is 1640. The summed E-state index contributed by atoms with van der Waals surface area (Å²) in [5, 5.41) is 5.18. The van der Waals surface area contributed by atoms with Crippen molar-refractivity contribution in [3.05, 3.63) is 93.8 Å². The van der Waals surface area contributed by atoms with Gasteiger partial charge in [-0.05, 0) is 74.4 Å². The number of hydrogen-bond donors (Lipinski definition) is 1. The first-order chi connectivity index (χ1) is 17.0. The summed E-state index contributed by atoms with van der Waals surface area (Å²) in [4.78, 5) is 14.2. The van der Waals surface area contributed by atoms with Gasteiger partial charge in [0.1, 0.15) is 5.82 Å². The van der Waals surface area contributed by atoms with Gasteiger partial charge in [-0.3, -0.25) is 9.98 Å². The molecule has 0 bridgehead atoms. The lowest BCUT2D eigenvalue weighted by Gasteiger charge is -2.21. The van der Waals surface area contributed by atoms with Crippen molar-refractivity contribution < 1.29 is 4.39 Å². The molecule has 3 aliphatic rings. The van der Waals surface area contributed by atoms with Crippen LogP contribution in [0.2, 0.25) is 10.0 Å². The fourth-order valence-corrected chi connectivity index (χ4v) is 4.43. The van der Waals surface area contributed by atoms with E-state index >= 15 is 0 Å². The van der Waals surface area contributed by atoms with E-state index in [9.17, 15) is 4.39 Å². The highest BCUT2D eigenvalue weighted by Crippen LogP contribution is 2.33. The number of pyridine rings is 1. The van der Waals surface area contributed by atoms with Crippen LogP contribution in [0.4, 0.5) is 15.8 Å². The van der Waals surface area contributed by atoms with Crippen LogP contribution in [0.5, 0.6) is 0 Å². The fraction of sp³-hybridized carbons (Fsp3) is 0.148. The standard InChI is InChI=1S/C27H20Cl2FN5/c1-15-21(3-2-10-31-15)33-23-13-25-27(14-24(23)32-17-5-6-17)35(18-7-8-19(28)20(29)12-18)26-11-16(30)4-9-22(26)34-25/h2-4,7-14,17,33H,5-6H2,1H3. The monoisotopic (exact) mass is 503 g/mol. The zero-order valence-corrected chi connectivity index (χ0v) is 20.3. The number of nitrogens with one attached hydrogen (secondary N) is 1. The molecule has 5 nitrogen and oxygen atoms in total. The third-order valence-electron chi connectivity index (χ3n) is 6.06. The number of anilines is 2. The van der Waals surface area contributed by atoms with Gasteiger partial charge in [-0.1, -0.05) is 23.2 Å². The molecule has 0 atom stereocenters. The number of aromatic nitrogens is 3. The Balaban J connectivity index is 1.66. The molecule has 0 saturated heterocycles. The van der Waals surface area contributed by atoms with Crippen molar-refractivity contribution in [3.8, 4) is 17.1 Å². The van der Waals surface area contributed by atoms with Gasteiger partial charge >= 0.3 is 0 Å². The molecule has 0 spiro atoms. The minimum atomic E-state index is -0.347. The summed E-state index contributed by atoms with van der Waals surface area (Å²) in [5.41, 5.74) is 6.18. The Hall–Kier alpha value is -3.48. The van der Waals surface area contributed by atoms with Crippen LogP contribution in [0.3, 0.4) is 0 Å². The second kappa shape index (κ2) is 8.63. The quantitative estimate of drug-likeness (QED) is 0.266. The molecule has 0 unspecified atom stereocenters. The van der Waals surface area contributed by atoms with Crippen molar-refractivity contribution in [1.29, 1.82) is 0 Å². The average molecular weight is 504 g/mol. The highest BCUT2D eigenvalue weighted by molar-refractivity contribution is 6.42. The molecular weight excluding hydrogens is 484 g/mol. The van der Waals surface area contributed by atoms with Gasteiger partial charge in [-0.15, -0.1) is 0 Å². The Morgan fingerprint density at radius 1 is 1.00 bits per heavy atom. The van der Waals surface area contributed by atoms with Gasteiger partial charge in [0.2, 0.25) is 0 Å². The number of hydrogen-bond acceptors (Lipinski definition) is 4. The molecule has 1 aromatic heterocycles. The lowest BCUT2D eigenvalue weighted by atomic mass is 10.1. The van der Waals surface area contributed by atoms with E-state index in [0.717, 1.165) is 52.3 Å². The van der Waals surface area contributed by atoms with Gasteiger partial charge in [0.25, 0.3) is 0 Å². The summed E-state index contributed by atoms with van der Waals surface area (Å²) >= 11 is 12.6. The SMILES string of the molecule is Cc1ncccc1Nc1cc2nc3ccc(F)cc3n(-c3ccc(Cl)c(Cl)c3)c-2cc1=NC1CC1. The van der Waals surface area contributed by atoms with Gasteiger partial charge in [-0.25, -0.2) is 9.37 Å². The smallest absolute Gasteiger partial charge is 0.125 e. The first kappa shape index (κ1) is 22.0. The molecule has 2 heterocycles. The molecule has 0 amide bonds. The second-order valence-electron chi connectivity index (χ2n) is 8.66. The summed E-state index contributed by atoms with van der Waals surface area (Å²) in [6, 6.07) is 18.1. The van der Waals surface area contributed by atoms with Crippen molar-refractivity contribution in [2.45, 2.75) is 25.8 Å². The number of halogens is 3. The predicted octanol–water partition coefficient (Wildman–Crippen LogP) is 7.09. The van der Waals surface area contributed by atoms with Crippen LogP contribution in [0, 0.1) is 12.7 Å². The molecule has 8 heteroatoms. The number of aryl methyl sites for hydroxylation is 1. The van der Waals surface area contributed by atoms with Crippen LogP contribution in [0.15, 0.2) is 71.9 Å². The summed E-state index contributed by atoms with van der Waals surface area (Å²) in [7, 11) is 0. The van der Waals surface area contributed by atoms with Gasteiger partial charge in [-0.2, -0.15) is 0 Å². The van der Waals surface area contributed by atoms with Crippen LogP contribution in [-0.4, -0.2) is 20.6 Å². The summed E-state index contributed by atoms with van der Waals surface area (Å²) < 4.78 is 16.3. The Morgan fingerprint density at radius 3 is 2.63 bits per heavy atom. The molecule has 2 aliphatic carbocycles. The zero-order chi connectivity index (χ0) is 24.1. The molecule has 1 aliphatic heterocycles. The van der Waals surface area contributed by atoms with E-state index in [2.05, 4.69) is 10.3 Å². The second-order valence-corrected chi connectivity index (χ2v) is 9.47. The Labute approximate surface area is 211 Å². The molecule has 35 heavy (non-hydrogen) atoms. The summed E-state index contributed by atoms with van der Waals surface area (Å²) in [5.74, 6) is -0.347. The van der Waals surface area contributed by atoms with Gasteiger partial charge in [0.15, 0.2) is 0 Å². The highest BCUT2D eigenvalue weighted by atomic mass is 35.5. The predicted molar refractivity (Wildman–Crippen MR) is 139 cm³/mol. The molecule has 6 rings (SSSR count). The first-order valence-corrected chi connectivity index (χ1v) is 12.1. The van der Waals surface area contributed by atoms with Gasteiger partial charge in [0, 0.05) is 18.0 Å². The molecule has 2 aromatic carbocycles. The number of nitrogens with zero attached hydrogens (tertiary/aromatic N) is 4. The van der Waals surface area contributed by atoms with Crippen molar-refractivity contribution in [3.63, 3.8) is 0 Å². The number of benzene rings is 3. The minimum absolute atomic E-state index is 0.298. The molecular formula is C27H20Cl2FN5. The van der Waals surface area contributed by atoms with Crippen LogP contribution in [0.25, 0.3) is 28.1 Å². The molecule has 1 fully saturated rings. The summed E-state index contributed by atoms with van der Waals surface area (Å²) in [6.07, 6.45) is 3.90. The number of fused-ring (bicyclic) bond motifs is 2. The maximum Gasteiger partial charge on any atom is 0.125 e. The molecule has 1 N–H and O–H groups in total.